The molecule has 0 aliphatic heterocycles. The van der Waals surface area contributed by atoms with E-state index in [0.29, 0.717) is 35.5 Å². The van der Waals surface area contributed by atoms with Gasteiger partial charge in [0.2, 0.25) is 0 Å². The summed E-state index contributed by atoms with van der Waals surface area (Å²) in [6.45, 7) is 31.3. The van der Waals surface area contributed by atoms with Crippen LogP contribution in [0.1, 0.15) is 81.1 Å². The van der Waals surface area contributed by atoms with E-state index in [1.807, 2.05) is 6.08 Å². The fourth-order valence-electron chi connectivity index (χ4n) is 3.62. The van der Waals surface area contributed by atoms with Gasteiger partial charge < -0.3 is 5.32 Å². The topological polar surface area (TPSA) is 29.1 Å². The van der Waals surface area contributed by atoms with Gasteiger partial charge in [-0.2, -0.15) is 0 Å². The van der Waals surface area contributed by atoms with E-state index in [0.717, 1.165) is 37.9 Å². The fourth-order valence-corrected chi connectivity index (χ4v) is 3.62. The van der Waals surface area contributed by atoms with Crippen molar-refractivity contribution in [1.29, 1.82) is 0 Å². The lowest BCUT2D eigenvalue weighted by Gasteiger charge is -2.29. The summed E-state index contributed by atoms with van der Waals surface area (Å²) in [7, 11) is 0. The Kier molecular flexibility index (Phi) is 13.7. The van der Waals surface area contributed by atoms with Crippen molar-refractivity contribution in [2.75, 3.05) is 6.54 Å². The Morgan fingerprint density at radius 1 is 0.933 bits per heavy atom. The molecule has 0 aromatic rings. The highest BCUT2D eigenvalue weighted by molar-refractivity contribution is 5.87. The van der Waals surface area contributed by atoms with Gasteiger partial charge in [0.15, 0.2) is 5.78 Å². The van der Waals surface area contributed by atoms with Crippen LogP contribution in [0.3, 0.4) is 0 Å². The number of allylic oxidation sites excluding steroid dienone is 4. The Hall–Kier alpha value is -1.57. The molecule has 30 heavy (non-hydrogen) atoms. The van der Waals surface area contributed by atoms with Crippen LogP contribution in [0.25, 0.3) is 0 Å². The maximum atomic E-state index is 11.2. The standard InChI is InChI=1S/C28H49NO/c1-19(2)15-28(16-22(7)24(9)18-29-26(11)20(3)4)23(8)17-27(21(5)6)14-12-13-25(10)30/h12-13,19-21,24,27-29H,7-8,11,14-18H2,1-6,9-10H3/b13-12+/t24?,27-,28?/m1/s1. The van der Waals surface area contributed by atoms with Gasteiger partial charge in [0.1, 0.15) is 0 Å². The molecule has 0 aliphatic carbocycles. The van der Waals surface area contributed by atoms with Crippen molar-refractivity contribution in [2.45, 2.75) is 81.1 Å². The lowest BCUT2D eigenvalue weighted by atomic mass is 9.77. The summed E-state index contributed by atoms with van der Waals surface area (Å²) in [4.78, 5) is 11.2. The highest BCUT2D eigenvalue weighted by Gasteiger charge is 2.22. The molecule has 0 bridgehead atoms. The van der Waals surface area contributed by atoms with Crippen LogP contribution in [0.4, 0.5) is 0 Å². The van der Waals surface area contributed by atoms with E-state index in [4.69, 9.17) is 0 Å². The van der Waals surface area contributed by atoms with Crippen LogP contribution >= 0.6 is 0 Å². The van der Waals surface area contributed by atoms with E-state index in [1.54, 1.807) is 13.0 Å². The summed E-state index contributed by atoms with van der Waals surface area (Å²) in [5.41, 5.74) is 3.73. The van der Waals surface area contributed by atoms with Crippen molar-refractivity contribution >= 4 is 5.78 Å². The largest absolute Gasteiger partial charge is 0.388 e. The molecule has 2 unspecified atom stereocenters. The first-order valence-corrected chi connectivity index (χ1v) is 11.8. The molecule has 0 fully saturated rings. The predicted octanol–water partition coefficient (Wildman–Crippen LogP) is 7.74. The summed E-state index contributed by atoms with van der Waals surface area (Å²) in [5, 5.41) is 3.47. The lowest BCUT2D eigenvalue weighted by molar-refractivity contribution is -0.112. The third-order valence-electron chi connectivity index (χ3n) is 6.13. The number of hydrogen-bond acceptors (Lipinski definition) is 2. The predicted molar refractivity (Wildman–Crippen MR) is 134 cm³/mol. The smallest absolute Gasteiger partial charge is 0.152 e. The van der Waals surface area contributed by atoms with Crippen molar-refractivity contribution in [3.8, 4) is 0 Å². The monoisotopic (exact) mass is 415 g/mol. The summed E-state index contributed by atoms with van der Waals surface area (Å²) >= 11 is 0. The van der Waals surface area contributed by atoms with E-state index < -0.39 is 0 Å². The van der Waals surface area contributed by atoms with Crippen LogP contribution in [-0.4, -0.2) is 12.3 Å². The van der Waals surface area contributed by atoms with Gasteiger partial charge in [-0.25, -0.2) is 0 Å². The summed E-state index contributed by atoms with van der Waals surface area (Å²) < 4.78 is 0. The highest BCUT2D eigenvalue weighted by Crippen LogP contribution is 2.34. The first kappa shape index (κ1) is 28.4. The zero-order valence-electron chi connectivity index (χ0n) is 21.2. The molecule has 172 valence electrons. The maximum Gasteiger partial charge on any atom is 0.152 e. The first-order valence-electron chi connectivity index (χ1n) is 11.8. The molecule has 0 aliphatic rings. The average molecular weight is 416 g/mol. The number of carbonyl (C=O) groups is 1. The van der Waals surface area contributed by atoms with E-state index in [2.05, 4.69) is 73.5 Å². The van der Waals surface area contributed by atoms with Gasteiger partial charge in [-0.1, -0.05) is 85.4 Å². The third kappa shape index (κ3) is 12.2. The molecular weight excluding hydrogens is 366 g/mol. The number of ketones is 1. The molecular formula is C28H49NO. The quantitative estimate of drug-likeness (QED) is 0.206. The third-order valence-corrected chi connectivity index (χ3v) is 6.13. The van der Waals surface area contributed by atoms with Gasteiger partial charge in [0.05, 0.1) is 0 Å². The Bertz CT molecular complexity index is 594. The van der Waals surface area contributed by atoms with E-state index >= 15 is 0 Å². The number of carbonyl (C=O) groups excluding carboxylic acids is 1. The van der Waals surface area contributed by atoms with Crippen LogP contribution in [-0.2, 0) is 4.79 Å². The molecule has 3 atom stereocenters. The molecule has 0 rings (SSSR count). The Morgan fingerprint density at radius 3 is 2.00 bits per heavy atom. The van der Waals surface area contributed by atoms with Crippen LogP contribution in [0.2, 0.25) is 0 Å². The van der Waals surface area contributed by atoms with Crippen molar-refractivity contribution in [3.05, 3.63) is 48.7 Å². The minimum absolute atomic E-state index is 0.119. The molecule has 0 radical (unpaired) electrons. The van der Waals surface area contributed by atoms with Crippen molar-refractivity contribution in [1.82, 2.24) is 5.32 Å². The van der Waals surface area contributed by atoms with Gasteiger partial charge >= 0.3 is 0 Å². The summed E-state index contributed by atoms with van der Waals surface area (Å²) in [6.07, 6.45) is 7.83. The molecule has 0 spiro atoms. The van der Waals surface area contributed by atoms with Gasteiger partial charge in [0, 0.05) is 12.2 Å². The molecule has 1 N–H and O–H groups in total. The van der Waals surface area contributed by atoms with Crippen LogP contribution < -0.4 is 5.32 Å². The van der Waals surface area contributed by atoms with Crippen molar-refractivity contribution < 1.29 is 4.79 Å². The Balaban J connectivity index is 5.05. The Morgan fingerprint density at radius 2 is 1.53 bits per heavy atom. The van der Waals surface area contributed by atoms with E-state index in [9.17, 15) is 4.79 Å². The second-order valence-corrected chi connectivity index (χ2v) is 10.3. The zero-order valence-corrected chi connectivity index (χ0v) is 21.2. The van der Waals surface area contributed by atoms with Crippen LogP contribution in [0.15, 0.2) is 48.7 Å². The summed E-state index contributed by atoms with van der Waals surface area (Å²) in [6, 6.07) is 0. The number of rotatable bonds is 16. The molecule has 2 nitrogen and oxygen atoms in total. The van der Waals surface area contributed by atoms with Gasteiger partial charge in [0.25, 0.3) is 0 Å². The second kappa shape index (κ2) is 14.4. The minimum Gasteiger partial charge on any atom is -0.388 e. The van der Waals surface area contributed by atoms with E-state index in [1.165, 1.54) is 11.1 Å². The molecule has 0 aromatic heterocycles. The van der Waals surface area contributed by atoms with Gasteiger partial charge in [-0.15, -0.1) is 0 Å². The molecule has 2 heteroatoms. The second-order valence-electron chi connectivity index (χ2n) is 10.3. The normalized spacial score (nSPS) is 14.9. The van der Waals surface area contributed by atoms with Gasteiger partial charge in [-0.05, 0) is 74.2 Å². The van der Waals surface area contributed by atoms with E-state index in [-0.39, 0.29) is 5.78 Å². The zero-order chi connectivity index (χ0) is 23.4. The molecule has 0 amide bonds. The highest BCUT2D eigenvalue weighted by atomic mass is 16.1. The molecule has 0 heterocycles. The van der Waals surface area contributed by atoms with Gasteiger partial charge in [-0.3, -0.25) is 4.79 Å². The average Bonchev–Trinajstić information content (AvgIpc) is 2.63. The fraction of sp³-hybridized carbons (Fsp3) is 0.679. The SMILES string of the molecule is C=C(NCC(C)C(=C)CC(CC(C)C)C(=C)C[C@@H](C/C=C/C(C)=O)C(C)C)C(C)C. The van der Waals surface area contributed by atoms with Crippen LogP contribution in [0.5, 0.6) is 0 Å². The number of nitrogens with one attached hydrogen (secondary N) is 1. The van der Waals surface area contributed by atoms with Crippen molar-refractivity contribution in [2.24, 2.45) is 35.5 Å². The Labute approximate surface area is 188 Å². The van der Waals surface area contributed by atoms with Crippen LogP contribution in [0, 0.1) is 35.5 Å². The molecule has 0 saturated heterocycles. The minimum atomic E-state index is 0.119. The maximum absolute atomic E-state index is 11.2. The molecule has 0 aromatic carbocycles. The first-order chi connectivity index (χ1) is 13.8. The van der Waals surface area contributed by atoms with Crippen molar-refractivity contribution in [3.63, 3.8) is 0 Å². The lowest BCUT2D eigenvalue weighted by Crippen LogP contribution is -2.24. The summed E-state index contributed by atoms with van der Waals surface area (Å²) in [5.74, 6) is 3.14. The number of hydrogen-bond donors (Lipinski definition) is 1. The molecule has 0 saturated carbocycles.